The van der Waals surface area contributed by atoms with Crippen LogP contribution in [-0.2, 0) is 6.42 Å². The molecule has 1 heterocycles. The summed E-state index contributed by atoms with van der Waals surface area (Å²) in [7, 11) is 2.16. The fraction of sp³-hybridized carbons (Fsp3) is 0.429. The molecule has 1 aliphatic heterocycles. The van der Waals surface area contributed by atoms with E-state index in [2.05, 4.69) is 43.3 Å². The Morgan fingerprint density at radius 3 is 2.88 bits per heavy atom. The fourth-order valence-corrected chi connectivity index (χ4v) is 2.32. The number of rotatable bonds is 3. The molecule has 0 saturated heterocycles. The van der Waals surface area contributed by atoms with E-state index in [1.165, 1.54) is 24.0 Å². The average molecular weight is 216 g/mol. The lowest BCUT2D eigenvalue weighted by Gasteiger charge is -2.21. The van der Waals surface area contributed by atoms with Crippen molar-refractivity contribution in [1.29, 1.82) is 0 Å². The summed E-state index contributed by atoms with van der Waals surface area (Å²) in [5, 5.41) is 0. The van der Waals surface area contributed by atoms with Gasteiger partial charge in [0.05, 0.1) is 0 Å². The molecule has 2 N–H and O–H groups in total. The highest BCUT2D eigenvalue weighted by Gasteiger charge is 2.15. The SMILES string of the molecule is Cc1cc(N)ccc1CCC1CC=CN1C. The molecule has 0 spiro atoms. The Morgan fingerprint density at radius 1 is 1.44 bits per heavy atom. The number of nitrogens with zero attached hydrogens (tertiary/aromatic N) is 1. The predicted octanol–water partition coefficient (Wildman–Crippen LogP) is 2.73. The standard InChI is InChI=1S/C14H20N2/c1-11-10-13(15)7-5-12(11)6-8-14-4-3-9-16(14)2/h3,5,7,9-10,14H,4,6,8,15H2,1-2H3. The second-order valence-corrected chi connectivity index (χ2v) is 4.66. The molecule has 1 aliphatic rings. The van der Waals surface area contributed by atoms with E-state index in [0.717, 1.165) is 12.1 Å². The molecule has 2 nitrogen and oxygen atoms in total. The molecule has 2 rings (SSSR count). The summed E-state index contributed by atoms with van der Waals surface area (Å²) < 4.78 is 0. The molecule has 0 saturated carbocycles. The highest BCUT2D eigenvalue weighted by molar-refractivity contribution is 5.44. The minimum atomic E-state index is 0.678. The van der Waals surface area contributed by atoms with Crippen LogP contribution < -0.4 is 5.73 Å². The van der Waals surface area contributed by atoms with Crippen molar-refractivity contribution in [2.45, 2.75) is 32.2 Å². The maximum atomic E-state index is 5.75. The maximum absolute atomic E-state index is 5.75. The molecule has 1 unspecified atom stereocenters. The van der Waals surface area contributed by atoms with Gasteiger partial charge in [-0.2, -0.15) is 0 Å². The fourth-order valence-electron chi connectivity index (χ4n) is 2.32. The largest absolute Gasteiger partial charge is 0.399 e. The van der Waals surface area contributed by atoms with E-state index in [9.17, 15) is 0 Å². The monoisotopic (exact) mass is 216 g/mol. The molecule has 86 valence electrons. The Morgan fingerprint density at radius 2 is 2.25 bits per heavy atom. The molecule has 1 atom stereocenters. The van der Waals surface area contributed by atoms with Crippen molar-refractivity contribution in [3.05, 3.63) is 41.6 Å². The first-order chi connectivity index (χ1) is 7.66. The molecule has 0 bridgehead atoms. The second kappa shape index (κ2) is 4.60. The van der Waals surface area contributed by atoms with Gasteiger partial charge in [-0.3, -0.25) is 0 Å². The van der Waals surface area contributed by atoms with Gasteiger partial charge >= 0.3 is 0 Å². The van der Waals surface area contributed by atoms with Crippen LogP contribution in [0.15, 0.2) is 30.5 Å². The van der Waals surface area contributed by atoms with E-state index in [0.29, 0.717) is 6.04 Å². The first-order valence-electron chi connectivity index (χ1n) is 5.90. The normalized spacial score (nSPS) is 19.4. The van der Waals surface area contributed by atoms with Gasteiger partial charge in [-0.15, -0.1) is 0 Å². The summed E-state index contributed by atoms with van der Waals surface area (Å²) in [6.07, 6.45) is 7.97. The van der Waals surface area contributed by atoms with Crippen LogP contribution in [0.2, 0.25) is 0 Å². The molecule has 0 aliphatic carbocycles. The van der Waals surface area contributed by atoms with Gasteiger partial charge < -0.3 is 10.6 Å². The molecule has 0 amide bonds. The van der Waals surface area contributed by atoms with Crippen LogP contribution in [0, 0.1) is 6.92 Å². The molecule has 2 heteroatoms. The summed E-state index contributed by atoms with van der Waals surface area (Å²) in [6.45, 7) is 2.14. The number of hydrogen-bond acceptors (Lipinski definition) is 2. The van der Waals surface area contributed by atoms with Crippen LogP contribution in [0.5, 0.6) is 0 Å². The van der Waals surface area contributed by atoms with Gasteiger partial charge in [0.15, 0.2) is 0 Å². The maximum Gasteiger partial charge on any atom is 0.0319 e. The third-order valence-electron chi connectivity index (χ3n) is 3.44. The number of anilines is 1. The van der Waals surface area contributed by atoms with Gasteiger partial charge in [-0.05, 0) is 55.6 Å². The summed E-state index contributed by atoms with van der Waals surface area (Å²) >= 11 is 0. The Hall–Kier alpha value is -1.44. The topological polar surface area (TPSA) is 29.3 Å². The Labute approximate surface area is 97.8 Å². The lowest BCUT2D eigenvalue weighted by atomic mass is 9.99. The number of aryl methyl sites for hydroxylation is 2. The van der Waals surface area contributed by atoms with Gasteiger partial charge in [-0.1, -0.05) is 12.1 Å². The molecule has 1 aromatic rings. The molecule has 0 aromatic heterocycles. The number of hydrogen-bond donors (Lipinski definition) is 1. The summed E-state index contributed by atoms with van der Waals surface area (Å²) in [5.41, 5.74) is 9.35. The summed E-state index contributed by atoms with van der Waals surface area (Å²) in [5.74, 6) is 0. The van der Waals surface area contributed by atoms with E-state index >= 15 is 0 Å². The van der Waals surface area contributed by atoms with Crippen molar-refractivity contribution in [3.63, 3.8) is 0 Å². The quantitative estimate of drug-likeness (QED) is 0.787. The third-order valence-corrected chi connectivity index (χ3v) is 3.44. The van der Waals surface area contributed by atoms with Crippen molar-refractivity contribution in [2.75, 3.05) is 12.8 Å². The van der Waals surface area contributed by atoms with Gasteiger partial charge in [0, 0.05) is 18.8 Å². The lowest BCUT2D eigenvalue weighted by molar-refractivity contribution is 0.339. The summed E-state index contributed by atoms with van der Waals surface area (Å²) in [4.78, 5) is 2.31. The highest BCUT2D eigenvalue weighted by atomic mass is 15.1. The zero-order valence-electron chi connectivity index (χ0n) is 10.1. The minimum Gasteiger partial charge on any atom is -0.399 e. The van der Waals surface area contributed by atoms with E-state index < -0.39 is 0 Å². The first kappa shape index (κ1) is 11.1. The van der Waals surface area contributed by atoms with Crippen molar-refractivity contribution in [2.24, 2.45) is 0 Å². The second-order valence-electron chi connectivity index (χ2n) is 4.66. The number of nitrogen functional groups attached to an aromatic ring is 1. The average Bonchev–Trinajstić information content (AvgIpc) is 2.63. The number of nitrogens with two attached hydrogens (primary N) is 1. The Kier molecular flexibility index (Phi) is 3.18. The van der Waals surface area contributed by atoms with Crippen LogP contribution in [0.1, 0.15) is 24.0 Å². The third kappa shape index (κ3) is 2.38. The van der Waals surface area contributed by atoms with Crippen molar-refractivity contribution < 1.29 is 0 Å². The molecular weight excluding hydrogens is 196 g/mol. The zero-order chi connectivity index (χ0) is 11.5. The van der Waals surface area contributed by atoms with Gasteiger partial charge in [0.2, 0.25) is 0 Å². The lowest BCUT2D eigenvalue weighted by Crippen LogP contribution is -2.22. The van der Waals surface area contributed by atoms with Gasteiger partial charge in [0.1, 0.15) is 0 Å². The smallest absolute Gasteiger partial charge is 0.0319 e. The van der Waals surface area contributed by atoms with Crippen LogP contribution in [0.3, 0.4) is 0 Å². The Balaban J connectivity index is 1.94. The van der Waals surface area contributed by atoms with E-state index in [1.54, 1.807) is 0 Å². The van der Waals surface area contributed by atoms with E-state index in [1.807, 2.05) is 6.07 Å². The van der Waals surface area contributed by atoms with Crippen LogP contribution in [-0.4, -0.2) is 18.0 Å². The predicted molar refractivity (Wildman–Crippen MR) is 69.2 cm³/mol. The van der Waals surface area contributed by atoms with Gasteiger partial charge in [-0.25, -0.2) is 0 Å². The molecule has 1 aromatic carbocycles. The Bertz CT molecular complexity index is 396. The van der Waals surface area contributed by atoms with Gasteiger partial charge in [0.25, 0.3) is 0 Å². The first-order valence-corrected chi connectivity index (χ1v) is 5.90. The van der Waals surface area contributed by atoms with Crippen LogP contribution >= 0.6 is 0 Å². The zero-order valence-corrected chi connectivity index (χ0v) is 10.1. The summed E-state index contributed by atoms with van der Waals surface area (Å²) in [6, 6.07) is 6.90. The van der Waals surface area contributed by atoms with Crippen molar-refractivity contribution >= 4 is 5.69 Å². The minimum absolute atomic E-state index is 0.678. The van der Waals surface area contributed by atoms with E-state index in [4.69, 9.17) is 5.73 Å². The van der Waals surface area contributed by atoms with Crippen LogP contribution in [0.25, 0.3) is 0 Å². The molecule has 0 radical (unpaired) electrons. The molecule has 16 heavy (non-hydrogen) atoms. The van der Waals surface area contributed by atoms with E-state index in [-0.39, 0.29) is 0 Å². The highest BCUT2D eigenvalue weighted by Crippen LogP contribution is 2.20. The number of benzene rings is 1. The molecular formula is C14H20N2. The van der Waals surface area contributed by atoms with Crippen molar-refractivity contribution in [3.8, 4) is 0 Å². The van der Waals surface area contributed by atoms with Crippen LogP contribution in [0.4, 0.5) is 5.69 Å². The molecule has 0 fully saturated rings. The van der Waals surface area contributed by atoms with Crippen molar-refractivity contribution in [1.82, 2.24) is 4.90 Å².